The third kappa shape index (κ3) is 4.56. The van der Waals surface area contributed by atoms with Crippen LogP contribution in [0, 0.1) is 5.41 Å². The van der Waals surface area contributed by atoms with Gasteiger partial charge in [-0.1, -0.05) is 12.1 Å². The molecule has 1 aromatic heterocycles. The lowest BCUT2D eigenvalue weighted by atomic mass is 9.93. The van der Waals surface area contributed by atoms with E-state index in [0.29, 0.717) is 17.4 Å². The summed E-state index contributed by atoms with van der Waals surface area (Å²) < 4.78 is 5.34. The van der Waals surface area contributed by atoms with Gasteiger partial charge in [-0.25, -0.2) is 4.98 Å². The van der Waals surface area contributed by atoms with Gasteiger partial charge in [0.1, 0.15) is 23.0 Å². The van der Waals surface area contributed by atoms with Gasteiger partial charge in [-0.2, -0.15) is 0 Å². The summed E-state index contributed by atoms with van der Waals surface area (Å²) in [6.07, 6.45) is 5.46. The highest BCUT2D eigenvalue weighted by Gasteiger charge is 2.27. The monoisotopic (exact) mass is 409 g/mol. The third-order valence-electron chi connectivity index (χ3n) is 6.19. The molecule has 0 amide bonds. The molecular weight excluding hydrogens is 378 g/mol. The van der Waals surface area contributed by atoms with Gasteiger partial charge in [0.15, 0.2) is 0 Å². The fourth-order valence-electron chi connectivity index (χ4n) is 4.33. The van der Waals surface area contributed by atoms with Crippen molar-refractivity contribution in [3.8, 4) is 5.75 Å². The van der Waals surface area contributed by atoms with Gasteiger partial charge < -0.3 is 20.4 Å². The average Bonchev–Trinajstić information content (AvgIpc) is 2.70. The Bertz CT molecular complexity index is 966. The molecule has 3 N–H and O–H groups in total. The first-order valence-corrected chi connectivity index (χ1v) is 10.8. The number of aromatic amines is 1. The minimum absolute atomic E-state index is 0.180. The second kappa shape index (κ2) is 9.00. The van der Waals surface area contributed by atoms with E-state index in [9.17, 15) is 4.79 Å². The molecule has 7 heteroatoms. The quantitative estimate of drug-likeness (QED) is 0.609. The van der Waals surface area contributed by atoms with Crippen molar-refractivity contribution >= 4 is 11.5 Å². The lowest BCUT2D eigenvalue weighted by Crippen LogP contribution is -2.36. The van der Waals surface area contributed by atoms with Gasteiger partial charge in [-0.3, -0.25) is 9.69 Å². The van der Waals surface area contributed by atoms with E-state index >= 15 is 0 Å². The number of hydrogen-bond donors (Lipinski definition) is 3. The van der Waals surface area contributed by atoms with Crippen LogP contribution in [-0.2, 0) is 6.54 Å². The van der Waals surface area contributed by atoms with Crippen molar-refractivity contribution < 1.29 is 4.74 Å². The molecule has 0 radical (unpaired) electrons. The molecule has 2 aliphatic rings. The Kier molecular flexibility index (Phi) is 6.18. The van der Waals surface area contributed by atoms with Crippen LogP contribution in [0.15, 0.2) is 29.1 Å². The molecule has 30 heavy (non-hydrogen) atoms. The van der Waals surface area contributed by atoms with Gasteiger partial charge in [-0.15, -0.1) is 0 Å². The summed E-state index contributed by atoms with van der Waals surface area (Å²) in [5, 5.41) is 11.4. The molecule has 1 saturated heterocycles. The van der Waals surface area contributed by atoms with Gasteiger partial charge in [0.2, 0.25) is 0 Å². The second-order valence-electron chi connectivity index (χ2n) is 8.50. The largest absolute Gasteiger partial charge is 0.497 e. The lowest BCUT2D eigenvalue weighted by molar-refractivity contribution is 0.196. The Morgan fingerprint density at radius 2 is 2.17 bits per heavy atom. The van der Waals surface area contributed by atoms with Crippen molar-refractivity contribution in [1.29, 1.82) is 5.41 Å². The summed E-state index contributed by atoms with van der Waals surface area (Å²) >= 11 is 0. The fraction of sp³-hybridized carbons (Fsp3) is 0.522. The van der Waals surface area contributed by atoms with E-state index in [0.717, 1.165) is 56.9 Å². The Labute approximate surface area is 177 Å². The Morgan fingerprint density at radius 3 is 2.87 bits per heavy atom. The van der Waals surface area contributed by atoms with Crippen LogP contribution in [0.25, 0.3) is 0 Å². The van der Waals surface area contributed by atoms with E-state index in [1.165, 1.54) is 12.0 Å². The summed E-state index contributed by atoms with van der Waals surface area (Å²) in [4.78, 5) is 23.0. The standard InChI is InChI=1S/C23H31N5O2/c1-15(24)20-22(25-18-8-4-9-18)26-21(27-23(20)29)17-7-5-11-28(14-17)13-16-6-3-10-19(12-16)30-2/h3,6,10,12,17-18,24H,4-5,7-9,11,13-14H2,1-2H3,(H2,25,26,27,29). The second-order valence-corrected chi connectivity index (χ2v) is 8.50. The van der Waals surface area contributed by atoms with Crippen LogP contribution < -0.4 is 15.6 Å². The van der Waals surface area contributed by atoms with E-state index in [1.807, 2.05) is 12.1 Å². The molecule has 1 saturated carbocycles. The highest BCUT2D eigenvalue weighted by Crippen LogP contribution is 2.28. The zero-order chi connectivity index (χ0) is 21.1. The van der Waals surface area contributed by atoms with Crippen LogP contribution in [0.5, 0.6) is 5.75 Å². The molecular formula is C23H31N5O2. The molecule has 2 fully saturated rings. The lowest BCUT2D eigenvalue weighted by Gasteiger charge is -2.33. The van der Waals surface area contributed by atoms with E-state index in [-0.39, 0.29) is 17.2 Å². The summed E-state index contributed by atoms with van der Waals surface area (Å²) in [6.45, 7) is 4.38. The molecule has 160 valence electrons. The maximum Gasteiger partial charge on any atom is 0.262 e. The predicted octanol–water partition coefficient (Wildman–Crippen LogP) is 3.51. The van der Waals surface area contributed by atoms with Crippen LogP contribution in [0.2, 0.25) is 0 Å². The molecule has 1 unspecified atom stereocenters. The average molecular weight is 410 g/mol. The van der Waals surface area contributed by atoms with Gasteiger partial charge in [-0.05, 0) is 63.3 Å². The van der Waals surface area contributed by atoms with Crippen molar-refractivity contribution in [2.24, 2.45) is 0 Å². The van der Waals surface area contributed by atoms with Crippen molar-refractivity contribution in [3.05, 3.63) is 51.6 Å². The first-order valence-electron chi connectivity index (χ1n) is 10.8. The first kappa shape index (κ1) is 20.6. The SMILES string of the molecule is COc1cccc(CN2CCCC(c3nc(NC4CCC4)c(C(C)=N)c(=O)[nH]3)C2)c1. The van der Waals surface area contributed by atoms with Crippen LogP contribution in [0.4, 0.5) is 5.82 Å². The number of likely N-dealkylation sites (tertiary alicyclic amines) is 1. The number of hydrogen-bond acceptors (Lipinski definition) is 6. The summed E-state index contributed by atoms with van der Waals surface area (Å²) in [5.74, 6) is 2.37. The zero-order valence-electron chi connectivity index (χ0n) is 17.8. The molecule has 7 nitrogen and oxygen atoms in total. The molecule has 4 rings (SSSR count). The smallest absolute Gasteiger partial charge is 0.262 e. The molecule has 2 aromatic rings. The number of nitrogens with one attached hydrogen (secondary N) is 3. The molecule has 0 spiro atoms. The molecule has 1 aliphatic heterocycles. The first-order chi connectivity index (χ1) is 14.5. The number of rotatable bonds is 7. The van der Waals surface area contributed by atoms with Crippen LogP contribution >= 0.6 is 0 Å². The molecule has 0 bridgehead atoms. The Morgan fingerprint density at radius 1 is 1.33 bits per heavy atom. The van der Waals surface area contributed by atoms with Gasteiger partial charge in [0.25, 0.3) is 5.56 Å². The van der Waals surface area contributed by atoms with Crippen molar-refractivity contribution in [3.63, 3.8) is 0 Å². The number of methoxy groups -OCH3 is 1. The molecule has 1 aliphatic carbocycles. The highest BCUT2D eigenvalue weighted by molar-refractivity contribution is 6.00. The van der Waals surface area contributed by atoms with Crippen molar-refractivity contribution in [2.45, 2.75) is 57.5 Å². The van der Waals surface area contributed by atoms with Crippen LogP contribution in [-0.4, -0.2) is 46.8 Å². The highest BCUT2D eigenvalue weighted by atomic mass is 16.5. The fourth-order valence-corrected chi connectivity index (χ4v) is 4.33. The zero-order valence-corrected chi connectivity index (χ0v) is 17.8. The minimum atomic E-state index is -0.209. The van der Waals surface area contributed by atoms with E-state index < -0.39 is 0 Å². The third-order valence-corrected chi connectivity index (χ3v) is 6.19. The number of anilines is 1. The maximum atomic E-state index is 12.8. The molecule has 2 heterocycles. The molecule has 1 aromatic carbocycles. The minimum Gasteiger partial charge on any atom is -0.497 e. The number of ether oxygens (including phenoxy) is 1. The van der Waals surface area contributed by atoms with E-state index in [2.05, 4.69) is 27.3 Å². The Balaban J connectivity index is 1.53. The van der Waals surface area contributed by atoms with Crippen LogP contribution in [0.3, 0.4) is 0 Å². The van der Waals surface area contributed by atoms with Crippen molar-refractivity contribution in [2.75, 3.05) is 25.5 Å². The Hall–Kier alpha value is -2.67. The molecule has 1 atom stereocenters. The van der Waals surface area contributed by atoms with Crippen LogP contribution in [0.1, 0.15) is 61.9 Å². The van der Waals surface area contributed by atoms with E-state index in [4.69, 9.17) is 15.1 Å². The normalized spacial score (nSPS) is 19.9. The predicted molar refractivity (Wildman–Crippen MR) is 119 cm³/mol. The number of benzene rings is 1. The topological polar surface area (TPSA) is 94.1 Å². The van der Waals surface area contributed by atoms with E-state index in [1.54, 1.807) is 14.0 Å². The summed E-state index contributed by atoms with van der Waals surface area (Å²) in [5.41, 5.74) is 1.63. The number of aromatic nitrogens is 2. The summed E-state index contributed by atoms with van der Waals surface area (Å²) in [6, 6.07) is 8.54. The number of nitrogens with zero attached hydrogens (tertiary/aromatic N) is 2. The van der Waals surface area contributed by atoms with Gasteiger partial charge >= 0.3 is 0 Å². The summed E-state index contributed by atoms with van der Waals surface area (Å²) in [7, 11) is 1.69. The number of H-pyrrole nitrogens is 1. The van der Waals surface area contributed by atoms with Gasteiger partial charge in [0, 0.05) is 30.8 Å². The number of piperidine rings is 1. The maximum absolute atomic E-state index is 12.8. The van der Waals surface area contributed by atoms with Crippen molar-refractivity contribution in [1.82, 2.24) is 14.9 Å². The van der Waals surface area contributed by atoms with Gasteiger partial charge in [0.05, 0.1) is 7.11 Å².